The SMILES string of the molecule is CC[C@H](Oc1cccc2ccccc12)C(=O)Nc1sc2c(c1C(=O)OC)CCCC2. The fraction of sp³-hybridized carbons (Fsp3) is 0.333. The number of hydrogen-bond acceptors (Lipinski definition) is 5. The van der Waals surface area contributed by atoms with E-state index >= 15 is 0 Å². The third-order valence-corrected chi connectivity index (χ3v) is 6.69. The van der Waals surface area contributed by atoms with Gasteiger partial charge in [-0.3, -0.25) is 4.79 Å². The Morgan fingerprint density at radius 3 is 2.67 bits per heavy atom. The second-order valence-corrected chi connectivity index (χ2v) is 8.49. The molecular formula is C24H25NO4S. The highest BCUT2D eigenvalue weighted by atomic mass is 32.1. The minimum atomic E-state index is -0.666. The van der Waals surface area contributed by atoms with Crippen LogP contribution in [0, 0.1) is 0 Å². The number of ether oxygens (including phenoxy) is 2. The zero-order valence-electron chi connectivity index (χ0n) is 17.2. The summed E-state index contributed by atoms with van der Waals surface area (Å²) >= 11 is 1.48. The van der Waals surface area contributed by atoms with Crippen molar-refractivity contribution in [2.45, 2.75) is 45.1 Å². The molecule has 1 N–H and O–H groups in total. The van der Waals surface area contributed by atoms with Gasteiger partial charge in [0.15, 0.2) is 6.10 Å². The van der Waals surface area contributed by atoms with E-state index in [0.717, 1.165) is 42.0 Å². The van der Waals surface area contributed by atoms with Crippen LogP contribution in [-0.4, -0.2) is 25.1 Å². The number of anilines is 1. The number of fused-ring (bicyclic) bond motifs is 2. The van der Waals surface area contributed by atoms with Crippen LogP contribution in [0.3, 0.4) is 0 Å². The van der Waals surface area contributed by atoms with Crippen molar-refractivity contribution in [2.75, 3.05) is 12.4 Å². The van der Waals surface area contributed by atoms with Crippen molar-refractivity contribution in [1.82, 2.24) is 0 Å². The minimum absolute atomic E-state index is 0.255. The highest BCUT2D eigenvalue weighted by Crippen LogP contribution is 2.38. The van der Waals surface area contributed by atoms with Crippen LogP contribution < -0.4 is 10.1 Å². The Hall–Kier alpha value is -2.86. The van der Waals surface area contributed by atoms with Crippen molar-refractivity contribution < 1.29 is 19.1 Å². The van der Waals surface area contributed by atoms with Crippen LogP contribution in [0.4, 0.5) is 5.00 Å². The molecule has 1 atom stereocenters. The molecule has 0 bridgehead atoms. The molecule has 0 saturated heterocycles. The Morgan fingerprint density at radius 2 is 1.87 bits per heavy atom. The van der Waals surface area contributed by atoms with Crippen molar-refractivity contribution in [3.8, 4) is 5.75 Å². The molecule has 0 radical (unpaired) electrons. The summed E-state index contributed by atoms with van der Waals surface area (Å²) in [5.74, 6) is 0.0238. The molecule has 5 nitrogen and oxygen atoms in total. The second kappa shape index (κ2) is 8.88. The van der Waals surface area contributed by atoms with Crippen molar-refractivity contribution >= 4 is 39.0 Å². The standard InChI is InChI=1S/C24H25NO4S/c1-3-18(29-19-13-8-10-15-9-4-5-11-16(15)19)22(26)25-23-21(24(27)28-2)17-12-6-7-14-20(17)30-23/h4-5,8-11,13,18H,3,6-7,12,14H2,1-2H3,(H,25,26)/t18-/m0/s1. The van der Waals surface area contributed by atoms with Gasteiger partial charge >= 0.3 is 5.97 Å². The first-order valence-electron chi connectivity index (χ1n) is 10.3. The zero-order chi connectivity index (χ0) is 21.1. The van der Waals surface area contributed by atoms with Gasteiger partial charge in [0.05, 0.1) is 12.7 Å². The summed E-state index contributed by atoms with van der Waals surface area (Å²) < 4.78 is 11.1. The molecule has 0 fully saturated rings. The molecule has 1 amide bonds. The predicted octanol–water partition coefficient (Wildman–Crippen LogP) is 5.36. The van der Waals surface area contributed by atoms with Gasteiger partial charge in [0.25, 0.3) is 5.91 Å². The maximum Gasteiger partial charge on any atom is 0.341 e. The van der Waals surface area contributed by atoms with E-state index in [1.54, 1.807) is 0 Å². The van der Waals surface area contributed by atoms with E-state index in [4.69, 9.17) is 9.47 Å². The summed E-state index contributed by atoms with van der Waals surface area (Å²) in [6.07, 6.45) is 3.76. The Balaban J connectivity index is 1.59. The Bertz CT molecular complexity index is 1080. The molecule has 4 rings (SSSR count). The fourth-order valence-electron chi connectivity index (χ4n) is 3.94. The maximum atomic E-state index is 13.1. The molecule has 0 unspecified atom stereocenters. The first-order chi connectivity index (χ1) is 14.6. The largest absolute Gasteiger partial charge is 0.480 e. The molecule has 156 valence electrons. The Morgan fingerprint density at radius 1 is 1.10 bits per heavy atom. The van der Waals surface area contributed by atoms with Gasteiger partial charge in [-0.25, -0.2) is 4.79 Å². The maximum absolute atomic E-state index is 13.1. The fourth-order valence-corrected chi connectivity index (χ4v) is 5.22. The summed E-state index contributed by atoms with van der Waals surface area (Å²) in [7, 11) is 1.37. The number of hydrogen-bond donors (Lipinski definition) is 1. The number of carbonyl (C=O) groups excluding carboxylic acids is 2. The quantitative estimate of drug-likeness (QED) is 0.542. The van der Waals surface area contributed by atoms with E-state index in [1.807, 2.05) is 49.4 Å². The van der Waals surface area contributed by atoms with Gasteiger partial charge in [-0.15, -0.1) is 11.3 Å². The molecular weight excluding hydrogens is 398 g/mol. The lowest BCUT2D eigenvalue weighted by Gasteiger charge is -2.18. The molecule has 0 aliphatic heterocycles. The molecule has 1 aromatic heterocycles. The number of carbonyl (C=O) groups is 2. The van der Waals surface area contributed by atoms with Crippen LogP contribution in [-0.2, 0) is 22.4 Å². The lowest BCUT2D eigenvalue weighted by Crippen LogP contribution is -2.32. The number of amides is 1. The lowest BCUT2D eigenvalue weighted by atomic mass is 9.95. The van der Waals surface area contributed by atoms with Gasteiger partial charge in [0.2, 0.25) is 0 Å². The van der Waals surface area contributed by atoms with Gasteiger partial charge in [0, 0.05) is 10.3 Å². The van der Waals surface area contributed by atoms with Crippen LogP contribution in [0.1, 0.15) is 47.0 Å². The van der Waals surface area contributed by atoms with Crippen LogP contribution >= 0.6 is 11.3 Å². The Kier molecular flexibility index (Phi) is 6.04. The normalized spacial score (nSPS) is 14.1. The molecule has 0 spiro atoms. The van der Waals surface area contributed by atoms with E-state index in [9.17, 15) is 9.59 Å². The molecule has 1 aliphatic rings. The highest BCUT2D eigenvalue weighted by Gasteiger charge is 2.29. The number of aryl methyl sites for hydroxylation is 1. The van der Waals surface area contributed by atoms with Crippen molar-refractivity contribution in [3.05, 3.63) is 58.5 Å². The molecule has 2 aromatic carbocycles. The summed E-state index contributed by atoms with van der Waals surface area (Å²) in [4.78, 5) is 26.7. The third kappa shape index (κ3) is 3.92. The van der Waals surface area contributed by atoms with Crippen LogP contribution in [0.25, 0.3) is 10.8 Å². The van der Waals surface area contributed by atoms with Gasteiger partial charge < -0.3 is 14.8 Å². The van der Waals surface area contributed by atoms with Gasteiger partial charge in [0.1, 0.15) is 10.8 Å². The van der Waals surface area contributed by atoms with Gasteiger partial charge in [-0.05, 0) is 49.1 Å². The molecule has 0 saturated carbocycles. The summed E-state index contributed by atoms with van der Waals surface area (Å²) in [6.45, 7) is 1.91. The van der Waals surface area contributed by atoms with Crippen LogP contribution in [0.5, 0.6) is 5.75 Å². The van der Waals surface area contributed by atoms with Crippen molar-refractivity contribution in [3.63, 3.8) is 0 Å². The summed E-state index contributed by atoms with van der Waals surface area (Å²) in [6, 6.07) is 13.7. The molecule has 30 heavy (non-hydrogen) atoms. The average molecular weight is 424 g/mol. The van der Waals surface area contributed by atoms with Gasteiger partial charge in [-0.1, -0.05) is 43.3 Å². The summed E-state index contributed by atoms with van der Waals surface area (Å²) in [5, 5.41) is 5.55. The second-order valence-electron chi connectivity index (χ2n) is 7.39. The Labute approximate surface area is 180 Å². The number of rotatable bonds is 6. The molecule has 1 aliphatic carbocycles. The van der Waals surface area contributed by atoms with E-state index < -0.39 is 12.1 Å². The average Bonchev–Trinajstić information content (AvgIpc) is 3.14. The number of methoxy groups -OCH3 is 1. The van der Waals surface area contributed by atoms with E-state index in [0.29, 0.717) is 22.7 Å². The molecule has 1 heterocycles. The zero-order valence-corrected chi connectivity index (χ0v) is 18.0. The first kappa shape index (κ1) is 20.4. The van der Waals surface area contributed by atoms with Crippen LogP contribution in [0.2, 0.25) is 0 Å². The topological polar surface area (TPSA) is 64.6 Å². The number of nitrogens with one attached hydrogen (secondary N) is 1. The number of esters is 1. The van der Waals surface area contributed by atoms with E-state index in [1.165, 1.54) is 23.3 Å². The van der Waals surface area contributed by atoms with Gasteiger partial charge in [-0.2, -0.15) is 0 Å². The first-order valence-corrected chi connectivity index (χ1v) is 11.1. The van der Waals surface area contributed by atoms with Crippen molar-refractivity contribution in [1.29, 1.82) is 0 Å². The van der Waals surface area contributed by atoms with E-state index in [-0.39, 0.29) is 5.91 Å². The monoisotopic (exact) mass is 423 g/mol. The predicted molar refractivity (Wildman–Crippen MR) is 120 cm³/mol. The van der Waals surface area contributed by atoms with Crippen molar-refractivity contribution in [2.24, 2.45) is 0 Å². The molecule has 6 heteroatoms. The number of benzene rings is 2. The highest BCUT2D eigenvalue weighted by molar-refractivity contribution is 7.17. The van der Waals surface area contributed by atoms with Crippen LogP contribution in [0.15, 0.2) is 42.5 Å². The lowest BCUT2D eigenvalue weighted by molar-refractivity contribution is -0.122. The summed E-state index contributed by atoms with van der Waals surface area (Å²) in [5.41, 5.74) is 1.53. The molecule has 3 aromatic rings. The smallest absolute Gasteiger partial charge is 0.341 e. The van der Waals surface area contributed by atoms with E-state index in [2.05, 4.69) is 5.32 Å². The number of thiophene rings is 1. The third-order valence-electron chi connectivity index (χ3n) is 5.48. The minimum Gasteiger partial charge on any atom is -0.480 e.